The van der Waals surface area contributed by atoms with Crippen LogP contribution in [0.1, 0.15) is 22.2 Å². The van der Waals surface area contributed by atoms with E-state index in [2.05, 4.69) is 57.3 Å². The average Bonchev–Trinajstić information content (AvgIpc) is 3.35. The number of hydrogen-bond donors (Lipinski definition) is 1. The maximum absolute atomic E-state index is 12.5. The Hall–Kier alpha value is -1.89. The molecule has 2 aliphatic rings. The van der Waals surface area contributed by atoms with Crippen molar-refractivity contribution in [1.82, 2.24) is 15.1 Å². The molecule has 0 atom stereocenters. The number of anilines is 2. The van der Waals surface area contributed by atoms with Gasteiger partial charge in [0.25, 0.3) is 5.91 Å². The molecule has 1 fully saturated rings. The molecule has 0 unspecified atom stereocenters. The smallest absolute Gasteiger partial charge is 0.261 e. The van der Waals surface area contributed by atoms with Crippen LogP contribution in [0.2, 0.25) is 0 Å². The lowest BCUT2D eigenvalue weighted by molar-refractivity contribution is 0.0942. The zero-order valence-electron chi connectivity index (χ0n) is 16.0. The van der Waals surface area contributed by atoms with Gasteiger partial charge >= 0.3 is 0 Å². The number of thiophene rings is 1. The molecule has 6 heteroatoms. The summed E-state index contributed by atoms with van der Waals surface area (Å²) in [6, 6.07) is 12.6. The Morgan fingerprint density at radius 2 is 1.81 bits per heavy atom. The van der Waals surface area contributed by atoms with Gasteiger partial charge in [0, 0.05) is 51.5 Å². The highest BCUT2D eigenvalue weighted by Crippen LogP contribution is 2.37. The van der Waals surface area contributed by atoms with Gasteiger partial charge in [0.15, 0.2) is 0 Å². The van der Waals surface area contributed by atoms with E-state index in [4.69, 9.17) is 0 Å². The van der Waals surface area contributed by atoms with Gasteiger partial charge in [-0.25, -0.2) is 0 Å². The van der Waals surface area contributed by atoms with E-state index in [0.717, 1.165) is 62.1 Å². The molecule has 4 rings (SSSR count). The van der Waals surface area contributed by atoms with Crippen LogP contribution in [0, 0.1) is 0 Å². The van der Waals surface area contributed by atoms with Crippen LogP contribution >= 0.6 is 11.3 Å². The molecule has 27 heavy (non-hydrogen) atoms. The molecule has 0 bridgehead atoms. The predicted molar refractivity (Wildman–Crippen MR) is 112 cm³/mol. The molecule has 1 amide bonds. The number of nitrogens with zero attached hydrogens (tertiary/aromatic N) is 3. The summed E-state index contributed by atoms with van der Waals surface area (Å²) < 4.78 is 0. The van der Waals surface area contributed by atoms with Crippen molar-refractivity contribution in [2.75, 3.05) is 57.3 Å². The number of carbonyl (C=O) groups is 1. The normalized spacial score (nSPS) is 17.9. The molecule has 0 spiro atoms. The molecule has 144 valence electrons. The van der Waals surface area contributed by atoms with E-state index in [0.29, 0.717) is 6.54 Å². The summed E-state index contributed by atoms with van der Waals surface area (Å²) in [5, 5.41) is 4.25. The molecular formula is C21H28N4OS. The minimum Gasteiger partial charge on any atom is -0.350 e. The molecule has 5 nitrogen and oxygen atoms in total. The summed E-state index contributed by atoms with van der Waals surface area (Å²) in [7, 11) is 0. The first-order valence-electron chi connectivity index (χ1n) is 9.93. The summed E-state index contributed by atoms with van der Waals surface area (Å²) >= 11 is 1.58. The maximum atomic E-state index is 12.5. The maximum Gasteiger partial charge on any atom is 0.261 e. The van der Waals surface area contributed by atoms with Crippen molar-refractivity contribution in [3.8, 4) is 0 Å². The monoisotopic (exact) mass is 384 g/mol. The number of nitrogens with one attached hydrogen (secondary N) is 1. The molecule has 1 saturated heterocycles. The lowest BCUT2D eigenvalue weighted by Crippen LogP contribution is -2.48. The Balaban J connectivity index is 1.28. The third-order valence-electron chi connectivity index (χ3n) is 5.59. The SMILES string of the molecule is CCN1CCN(CCNC(=O)c2ccc(N3CCc4ccccc43)s2)CC1. The van der Waals surface area contributed by atoms with Gasteiger partial charge in [0.2, 0.25) is 0 Å². The zero-order chi connectivity index (χ0) is 18.6. The highest BCUT2D eigenvalue weighted by molar-refractivity contribution is 7.18. The van der Waals surface area contributed by atoms with Crippen LogP contribution in [0.5, 0.6) is 0 Å². The Kier molecular flexibility index (Phi) is 5.76. The Labute approximate surface area is 165 Å². The fourth-order valence-corrected chi connectivity index (χ4v) is 4.87. The quantitative estimate of drug-likeness (QED) is 0.831. The number of carbonyl (C=O) groups excluding carboxylic acids is 1. The Morgan fingerprint density at radius 1 is 1.04 bits per heavy atom. The van der Waals surface area contributed by atoms with Crippen LogP contribution < -0.4 is 10.2 Å². The van der Waals surface area contributed by atoms with Crippen molar-refractivity contribution >= 4 is 27.9 Å². The van der Waals surface area contributed by atoms with Gasteiger partial charge in [-0.3, -0.25) is 9.69 Å². The summed E-state index contributed by atoms with van der Waals surface area (Å²) in [5.41, 5.74) is 2.66. The lowest BCUT2D eigenvalue weighted by Gasteiger charge is -2.33. The van der Waals surface area contributed by atoms with Gasteiger partial charge in [-0.1, -0.05) is 25.1 Å². The van der Waals surface area contributed by atoms with E-state index in [-0.39, 0.29) is 5.91 Å². The molecule has 1 aromatic heterocycles. The van der Waals surface area contributed by atoms with Gasteiger partial charge in [-0.05, 0) is 36.7 Å². The summed E-state index contributed by atoms with van der Waals surface area (Å²) in [6.45, 7) is 10.4. The number of para-hydroxylation sites is 1. The van der Waals surface area contributed by atoms with Crippen molar-refractivity contribution in [2.45, 2.75) is 13.3 Å². The van der Waals surface area contributed by atoms with Crippen molar-refractivity contribution in [2.24, 2.45) is 0 Å². The number of hydrogen-bond acceptors (Lipinski definition) is 5. The topological polar surface area (TPSA) is 38.8 Å². The molecule has 2 aliphatic heterocycles. The fraction of sp³-hybridized carbons (Fsp3) is 0.476. The van der Waals surface area contributed by atoms with E-state index in [1.54, 1.807) is 11.3 Å². The minimum absolute atomic E-state index is 0.0472. The van der Waals surface area contributed by atoms with Gasteiger partial charge in [-0.15, -0.1) is 11.3 Å². The number of rotatable bonds is 6. The third-order valence-corrected chi connectivity index (χ3v) is 6.70. The second kappa shape index (κ2) is 8.42. The van der Waals surface area contributed by atoms with E-state index < -0.39 is 0 Å². The number of fused-ring (bicyclic) bond motifs is 1. The van der Waals surface area contributed by atoms with Gasteiger partial charge in [0.05, 0.1) is 9.88 Å². The highest BCUT2D eigenvalue weighted by Gasteiger charge is 2.22. The van der Waals surface area contributed by atoms with Crippen molar-refractivity contribution in [1.29, 1.82) is 0 Å². The molecule has 1 aromatic carbocycles. The first-order chi connectivity index (χ1) is 13.2. The number of piperazine rings is 1. The van der Waals surface area contributed by atoms with E-state index in [1.807, 2.05) is 6.07 Å². The fourth-order valence-electron chi connectivity index (χ4n) is 3.91. The largest absolute Gasteiger partial charge is 0.350 e. The minimum atomic E-state index is 0.0472. The summed E-state index contributed by atoms with van der Waals surface area (Å²) in [4.78, 5) is 20.5. The zero-order valence-corrected chi connectivity index (χ0v) is 16.8. The predicted octanol–water partition coefficient (Wildman–Crippen LogP) is 2.81. The van der Waals surface area contributed by atoms with Gasteiger partial charge < -0.3 is 15.1 Å². The lowest BCUT2D eigenvalue weighted by atomic mass is 10.2. The second-order valence-electron chi connectivity index (χ2n) is 7.20. The van der Waals surface area contributed by atoms with Crippen LogP contribution in [-0.4, -0.2) is 68.1 Å². The molecule has 0 radical (unpaired) electrons. The standard InChI is InChI=1S/C21H28N4OS/c1-2-23-13-15-24(16-14-23)12-10-22-21(26)19-7-8-20(27-19)25-11-9-17-5-3-4-6-18(17)25/h3-8H,2,9-16H2,1H3,(H,22,26). The Bertz CT molecular complexity index is 782. The molecule has 2 aromatic rings. The van der Waals surface area contributed by atoms with E-state index >= 15 is 0 Å². The Morgan fingerprint density at radius 3 is 2.63 bits per heavy atom. The van der Waals surface area contributed by atoms with Crippen molar-refractivity contribution in [3.63, 3.8) is 0 Å². The van der Waals surface area contributed by atoms with Gasteiger partial charge in [0.1, 0.15) is 0 Å². The number of benzene rings is 1. The van der Waals surface area contributed by atoms with Crippen LogP contribution in [-0.2, 0) is 6.42 Å². The molecule has 0 aliphatic carbocycles. The van der Waals surface area contributed by atoms with E-state index in [1.165, 1.54) is 11.3 Å². The van der Waals surface area contributed by atoms with Crippen LogP contribution in [0.3, 0.4) is 0 Å². The van der Waals surface area contributed by atoms with Gasteiger partial charge in [-0.2, -0.15) is 0 Å². The molecule has 0 saturated carbocycles. The van der Waals surface area contributed by atoms with E-state index in [9.17, 15) is 4.79 Å². The van der Waals surface area contributed by atoms with Crippen molar-refractivity contribution < 1.29 is 4.79 Å². The first-order valence-corrected chi connectivity index (χ1v) is 10.7. The molecular weight excluding hydrogens is 356 g/mol. The average molecular weight is 385 g/mol. The summed E-state index contributed by atoms with van der Waals surface area (Å²) in [5.74, 6) is 0.0472. The van der Waals surface area contributed by atoms with Crippen molar-refractivity contribution in [3.05, 3.63) is 46.8 Å². The molecule has 1 N–H and O–H groups in total. The highest BCUT2D eigenvalue weighted by atomic mass is 32.1. The van der Waals surface area contributed by atoms with Crippen LogP contribution in [0.4, 0.5) is 10.7 Å². The first kappa shape index (κ1) is 18.5. The summed E-state index contributed by atoms with van der Waals surface area (Å²) in [6.07, 6.45) is 1.07. The molecule has 3 heterocycles. The third kappa shape index (κ3) is 4.18. The number of likely N-dealkylation sites (N-methyl/N-ethyl adjacent to an activating group) is 1. The number of amides is 1. The second-order valence-corrected chi connectivity index (χ2v) is 8.26. The van der Waals surface area contributed by atoms with Crippen LogP contribution in [0.25, 0.3) is 0 Å². The van der Waals surface area contributed by atoms with Crippen LogP contribution in [0.15, 0.2) is 36.4 Å².